The summed E-state index contributed by atoms with van der Waals surface area (Å²) >= 11 is 0. The number of hydrogen-bond acceptors (Lipinski definition) is 3. The summed E-state index contributed by atoms with van der Waals surface area (Å²) in [6.45, 7) is 4.29. The molecular formula is C16H23NO2Si. The van der Waals surface area contributed by atoms with Crippen molar-refractivity contribution in [2.24, 2.45) is 5.92 Å². The lowest BCUT2D eigenvalue weighted by molar-refractivity contribution is 0.208. The van der Waals surface area contributed by atoms with Gasteiger partial charge in [0.25, 0.3) is 0 Å². The van der Waals surface area contributed by atoms with Gasteiger partial charge in [0, 0.05) is 26.7 Å². The molecule has 0 saturated carbocycles. The van der Waals surface area contributed by atoms with Gasteiger partial charge in [0.05, 0.1) is 0 Å². The van der Waals surface area contributed by atoms with Gasteiger partial charge >= 0.3 is 8.72 Å². The fourth-order valence-electron chi connectivity index (χ4n) is 2.38. The van der Waals surface area contributed by atoms with Gasteiger partial charge in [-0.1, -0.05) is 49.4 Å². The van der Waals surface area contributed by atoms with E-state index >= 15 is 0 Å². The molecule has 0 N–H and O–H groups in total. The van der Waals surface area contributed by atoms with E-state index in [0.717, 1.165) is 0 Å². The third-order valence-corrected chi connectivity index (χ3v) is 6.82. The lowest BCUT2D eigenvalue weighted by Crippen LogP contribution is -2.50. The molecule has 1 aromatic rings. The predicted octanol–water partition coefficient (Wildman–Crippen LogP) is 3.61. The highest BCUT2D eigenvalue weighted by Crippen LogP contribution is 2.29. The fraction of sp³-hybridized carbons (Fsp3) is 0.375. The Kier molecular flexibility index (Phi) is 4.80. The molecular weight excluding hydrogens is 266 g/mol. The van der Waals surface area contributed by atoms with Crippen LogP contribution in [0.5, 0.6) is 0 Å². The summed E-state index contributed by atoms with van der Waals surface area (Å²) in [5.74, 6) is 0.865. The Morgan fingerprint density at radius 2 is 1.60 bits per heavy atom. The fourth-order valence-corrected chi connectivity index (χ4v) is 3.68. The van der Waals surface area contributed by atoms with E-state index in [4.69, 9.17) is 8.85 Å². The SMILES string of the molecule is CO[Si](C)(OC)N1C=CC([C@@H](C)c2ccccc2)C=C1. The minimum absolute atomic E-state index is 0.403. The summed E-state index contributed by atoms with van der Waals surface area (Å²) in [5.41, 5.74) is 1.36. The molecule has 0 aromatic heterocycles. The molecule has 2 rings (SSSR count). The highest BCUT2D eigenvalue weighted by molar-refractivity contribution is 6.63. The van der Waals surface area contributed by atoms with E-state index < -0.39 is 8.72 Å². The van der Waals surface area contributed by atoms with Crippen molar-refractivity contribution >= 4 is 8.72 Å². The smallest absolute Gasteiger partial charge is 0.382 e. The number of rotatable bonds is 5. The van der Waals surface area contributed by atoms with Crippen LogP contribution in [-0.4, -0.2) is 27.5 Å². The molecule has 1 aliphatic heterocycles. The van der Waals surface area contributed by atoms with Gasteiger partial charge in [-0.3, -0.25) is 0 Å². The molecule has 20 heavy (non-hydrogen) atoms. The molecule has 0 bridgehead atoms. The van der Waals surface area contributed by atoms with E-state index in [9.17, 15) is 0 Å². The maximum atomic E-state index is 5.55. The minimum Gasteiger partial charge on any atom is -0.382 e. The van der Waals surface area contributed by atoms with E-state index in [2.05, 4.69) is 66.4 Å². The molecule has 0 spiro atoms. The van der Waals surface area contributed by atoms with Crippen LogP contribution in [-0.2, 0) is 8.85 Å². The molecule has 0 radical (unpaired) electrons. The lowest BCUT2D eigenvalue weighted by Gasteiger charge is -2.34. The van der Waals surface area contributed by atoms with Gasteiger partial charge in [-0.15, -0.1) is 0 Å². The van der Waals surface area contributed by atoms with Crippen LogP contribution < -0.4 is 0 Å². The van der Waals surface area contributed by atoms with Gasteiger partial charge in [-0.2, -0.15) is 0 Å². The molecule has 1 aliphatic rings. The number of nitrogens with zero attached hydrogens (tertiary/aromatic N) is 1. The van der Waals surface area contributed by atoms with Crippen molar-refractivity contribution in [2.45, 2.75) is 19.4 Å². The normalized spacial score (nSPS) is 17.5. The van der Waals surface area contributed by atoms with Crippen LogP contribution in [0.15, 0.2) is 54.9 Å². The van der Waals surface area contributed by atoms with Crippen LogP contribution in [0.2, 0.25) is 6.55 Å². The second kappa shape index (κ2) is 6.39. The lowest BCUT2D eigenvalue weighted by atomic mass is 9.87. The summed E-state index contributed by atoms with van der Waals surface area (Å²) in [4.78, 5) is 0. The van der Waals surface area contributed by atoms with E-state index in [0.29, 0.717) is 11.8 Å². The van der Waals surface area contributed by atoms with Crippen molar-refractivity contribution in [3.63, 3.8) is 0 Å². The molecule has 4 heteroatoms. The summed E-state index contributed by atoms with van der Waals surface area (Å²) < 4.78 is 13.2. The molecule has 0 aliphatic carbocycles. The molecule has 0 fully saturated rings. The van der Waals surface area contributed by atoms with E-state index in [1.807, 2.05) is 6.55 Å². The molecule has 3 nitrogen and oxygen atoms in total. The second-order valence-corrected chi connectivity index (χ2v) is 8.30. The van der Waals surface area contributed by atoms with Crippen LogP contribution in [0.4, 0.5) is 0 Å². The first-order valence-electron chi connectivity index (χ1n) is 6.91. The van der Waals surface area contributed by atoms with Gasteiger partial charge in [0.2, 0.25) is 0 Å². The maximum Gasteiger partial charge on any atom is 0.459 e. The van der Waals surface area contributed by atoms with Gasteiger partial charge in [-0.25, -0.2) is 0 Å². The number of allylic oxidation sites excluding steroid dienone is 2. The Hall–Kier alpha value is -1.36. The molecule has 1 aromatic carbocycles. The summed E-state index contributed by atoms with van der Waals surface area (Å²) in [6.07, 6.45) is 8.62. The molecule has 0 amide bonds. The zero-order valence-electron chi connectivity index (χ0n) is 12.6. The van der Waals surface area contributed by atoms with Crippen LogP contribution in [0.1, 0.15) is 18.4 Å². The van der Waals surface area contributed by atoms with Gasteiger partial charge in [-0.05, 0) is 23.9 Å². The van der Waals surface area contributed by atoms with Crippen molar-refractivity contribution < 1.29 is 8.85 Å². The molecule has 108 valence electrons. The third-order valence-electron chi connectivity index (χ3n) is 4.07. The second-order valence-electron chi connectivity index (χ2n) is 5.17. The van der Waals surface area contributed by atoms with Crippen LogP contribution in [0, 0.1) is 5.92 Å². The Morgan fingerprint density at radius 1 is 1.05 bits per heavy atom. The largest absolute Gasteiger partial charge is 0.459 e. The first kappa shape index (κ1) is 15.0. The summed E-state index contributed by atoms with van der Waals surface area (Å²) in [5, 5.41) is 0. The van der Waals surface area contributed by atoms with E-state index in [1.54, 1.807) is 14.2 Å². The highest BCUT2D eigenvalue weighted by Gasteiger charge is 2.36. The van der Waals surface area contributed by atoms with Crippen molar-refractivity contribution in [1.82, 2.24) is 4.57 Å². The number of benzene rings is 1. The third kappa shape index (κ3) is 3.03. The highest BCUT2D eigenvalue weighted by atomic mass is 28.4. The Bertz CT molecular complexity index is 469. The average molecular weight is 289 g/mol. The average Bonchev–Trinajstić information content (AvgIpc) is 2.54. The molecule has 1 atom stereocenters. The first-order valence-corrected chi connectivity index (χ1v) is 9.17. The van der Waals surface area contributed by atoms with Crippen molar-refractivity contribution in [1.29, 1.82) is 0 Å². The summed E-state index contributed by atoms with van der Waals surface area (Å²) in [7, 11) is 1.13. The quantitative estimate of drug-likeness (QED) is 0.773. The summed E-state index contributed by atoms with van der Waals surface area (Å²) in [6, 6.07) is 10.6. The molecule has 1 heterocycles. The topological polar surface area (TPSA) is 21.7 Å². The Morgan fingerprint density at radius 3 is 2.10 bits per heavy atom. The predicted molar refractivity (Wildman–Crippen MR) is 84.1 cm³/mol. The monoisotopic (exact) mass is 289 g/mol. The van der Waals surface area contributed by atoms with Crippen molar-refractivity contribution in [2.75, 3.05) is 14.2 Å². The Labute approximate surface area is 122 Å². The molecule has 0 unspecified atom stereocenters. The van der Waals surface area contributed by atoms with E-state index in [-0.39, 0.29) is 0 Å². The van der Waals surface area contributed by atoms with Crippen LogP contribution in [0.3, 0.4) is 0 Å². The molecule has 0 saturated heterocycles. The zero-order chi connectivity index (χ0) is 14.6. The standard InChI is InChI=1S/C16H23NO2Si/c1-14(15-8-6-5-7-9-15)16-10-12-17(13-11-16)20(4,18-2)19-3/h5-14,16H,1-4H3/t14-/m0/s1. The van der Waals surface area contributed by atoms with E-state index in [1.165, 1.54) is 5.56 Å². The maximum absolute atomic E-state index is 5.55. The van der Waals surface area contributed by atoms with Crippen LogP contribution >= 0.6 is 0 Å². The number of hydrogen-bond donors (Lipinski definition) is 0. The van der Waals surface area contributed by atoms with Crippen molar-refractivity contribution in [3.8, 4) is 0 Å². The van der Waals surface area contributed by atoms with Gasteiger partial charge in [0.1, 0.15) is 0 Å². The van der Waals surface area contributed by atoms with Crippen molar-refractivity contribution in [3.05, 3.63) is 60.4 Å². The first-order chi connectivity index (χ1) is 9.60. The zero-order valence-corrected chi connectivity index (χ0v) is 13.6. The van der Waals surface area contributed by atoms with Gasteiger partial charge in [0.15, 0.2) is 0 Å². The van der Waals surface area contributed by atoms with Crippen LogP contribution in [0.25, 0.3) is 0 Å². The Balaban J connectivity index is 2.08. The minimum atomic E-state index is -2.28. The van der Waals surface area contributed by atoms with Gasteiger partial charge < -0.3 is 13.4 Å².